The highest BCUT2D eigenvalue weighted by Gasteiger charge is 2.41. The summed E-state index contributed by atoms with van der Waals surface area (Å²) in [6.07, 6.45) is 9.02. The van der Waals surface area contributed by atoms with E-state index in [0.717, 1.165) is 12.0 Å². The van der Waals surface area contributed by atoms with Crippen LogP contribution in [0.4, 0.5) is 0 Å². The maximum Gasteiger partial charge on any atom is 0.0282 e. The average Bonchev–Trinajstić information content (AvgIpc) is 3.04. The van der Waals surface area contributed by atoms with E-state index in [4.69, 9.17) is 0 Å². The van der Waals surface area contributed by atoms with Crippen molar-refractivity contribution in [3.05, 3.63) is 0 Å². The summed E-state index contributed by atoms with van der Waals surface area (Å²) in [5.41, 5.74) is 0. The molecule has 1 nitrogen and oxygen atoms in total. The van der Waals surface area contributed by atoms with Crippen LogP contribution in [-0.2, 0) is 0 Å². The zero-order valence-electron chi connectivity index (χ0n) is 10.8. The minimum absolute atomic E-state index is 0.614. The molecule has 1 N–H and O–H groups in total. The maximum absolute atomic E-state index is 3.77. The SMILES string of the molecule is CCC(C)CC(CC)NCC1(SC)CC1. The Balaban J connectivity index is 2.21. The quantitative estimate of drug-likeness (QED) is 0.681. The molecule has 0 heterocycles. The highest BCUT2D eigenvalue weighted by molar-refractivity contribution is 8.00. The monoisotopic (exact) mass is 229 g/mol. The van der Waals surface area contributed by atoms with Gasteiger partial charge in [-0.3, -0.25) is 0 Å². The van der Waals surface area contributed by atoms with Gasteiger partial charge in [0.25, 0.3) is 0 Å². The van der Waals surface area contributed by atoms with E-state index in [1.807, 2.05) is 0 Å². The second kappa shape index (κ2) is 6.15. The van der Waals surface area contributed by atoms with Gasteiger partial charge in [0, 0.05) is 17.3 Å². The molecule has 0 spiro atoms. The van der Waals surface area contributed by atoms with Crippen LogP contribution in [0.1, 0.15) is 52.9 Å². The highest BCUT2D eigenvalue weighted by atomic mass is 32.2. The van der Waals surface area contributed by atoms with E-state index in [-0.39, 0.29) is 0 Å². The second-order valence-electron chi connectivity index (χ2n) is 5.12. The summed E-state index contributed by atoms with van der Waals surface area (Å²) < 4.78 is 0.614. The van der Waals surface area contributed by atoms with Crippen LogP contribution >= 0.6 is 11.8 Å². The molecule has 2 unspecified atom stereocenters. The van der Waals surface area contributed by atoms with E-state index in [2.05, 4.69) is 44.1 Å². The predicted molar refractivity (Wildman–Crippen MR) is 71.6 cm³/mol. The molecule has 0 bridgehead atoms. The lowest BCUT2D eigenvalue weighted by Crippen LogP contribution is -2.36. The minimum atomic E-state index is 0.614. The fourth-order valence-electron chi connectivity index (χ4n) is 1.97. The molecule has 1 rings (SSSR count). The zero-order valence-corrected chi connectivity index (χ0v) is 11.6. The third-order valence-corrected chi connectivity index (χ3v) is 5.25. The van der Waals surface area contributed by atoms with Gasteiger partial charge in [-0.05, 0) is 37.9 Å². The molecule has 90 valence electrons. The summed E-state index contributed by atoms with van der Waals surface area (Å²) in [5, 5.41) is 3.77. The molecule has 0 aromatic carbocycles. The predicted octanol–water partition coefficient (Wildman–Crippen LogP) is 3.69. The number of nitrogens with one attached hydrogen (secondary N) is 1. The van der Waals surface area contributed by atoms with E-state index in [0.29, 0.717) is 4.75 Å². The molecule has 0 amide bonds. The van der Waals surface area contributed by atoms with Crippen LogP contribution in [0, 0.1) is 5.92 Å². The number of rotatable bonds is 8. The Morgan fingerprint density at radius 2 is 1.93 bits per heavy atom. The molecule has 1 aliphatic carbocycles. The average molecular weight is 229 g/mol. The van der Waals surface area contributed by atoms with E-state index in [1.54, 1.807) is 0 Å². The van der Waals surface area contributed by atoms with Gasteiger partial charge in [-0.1, -0.05) is 27.2 Å². The Bertz CT molecular complexity index is 177. The minimum Gasteiger partial charge on any atom is -0.313 e. The van der Waals surface area contributed by atoms with Crippen molar-refractivity contribution in [2.24, 2.45) is 5.92 Å². The van der Waals surface area contributed by atoms with Crippen LogP contribution in [0.25, 0.3) is 0 Å². The topological polar surface area (TPSA) is 12.0 Å². The third kappa shape index (κ3) is 4.36. The molecule has 0 aromatic rings. The highest BCUT2D eigenvalue weighted by Crippen LogP contribution is 2.46. The van der Waals surface area contributed by atoms with E-state index in [1.165, 1.54) is 38.6 Å². The Kier molecular flexibility index (Phi) is 5.48. The molecule has 2 heteroatoms. The fourth-order valence-corrected chi connectivity index (χ4v) is 2.71. The first-order valence-electron chi connectivity index (χ1n) is 6.44. The first kappa shape index (κ1) is 13.4. The van der Waals surface area contributed by atoms with Crippen LogP contribution in [0.3, 0.4) is 0 Å². The van der Waals surface area contributed by atoms with E-state index >= 15 is 0 Å². The Hall–Kier alpha value is 0.310. The maximum atomic E-state index is 3.77. The van der Waals surface area contributed by atoms with Gasteiger partial charge < -0.3 is 5.32 Å². The third-order valence-electron chi connectivity index (χ3n) is 3.83. The standard InChI is InChI=1S/C13H27NS/c1-5-11(3)9-12(6-2)14-10-13(15-4)7-8-13/h11-12,14H,5-10H2,1-4H3. The lowest BCUT2D eigenvalue weighted by Gasteiger charge is -2.23. The van der Waals surface area contributed by atoms with Crippen molar-refractivity contribution in [1.29, 1.82) is 0 Å². The number of hydrogen-bond acceptors (Lipinski definition) is 2. The molecular weight excluding hydrogens is 202 g/mol. The van der Waals surface area contributed by atoms with Crippen molar-refractivity contribution >= 4 is 11.8 Å². The molecule has 15 heavy (non-hydrogen) atoms. The number of thioether (sulfide) groups is 1. The molecule has 0 aliphatic heterocycles. The molecule has 0 saturated heterocycles. The Labute approximate surface area is 99.8 Å². The van der Waals surface area contributed by atoms with Gasteiger partial charge in [0.05, 0.1) is 0 Å². The molecule has 2 atom stereocenters. The smallest absolute Gasteiger partial charge is 0.0282 e. The van der Waals surface area contributed by atoms with E-state index < -0.39 is 0 Å². The number of hydrogen-bond donors (Lipinski definition) is 1. The molecule has 0 aromatic heterocycles. The summed E-state index contributed by atoms with van der Waals surface area (Å²) in [5.74, 6) is 0.867. The lowest BCUT2D eigenvalue weighted by molar-refractivity contribution is 0.384. The van der Waals surface area contributed by atoms with Crippen molar-refractivity contribution in [2.75, 3.05) is 12.8 Å². The van der Waals surface area contributed by atoms with Gasteiger partial charge in [-0.2, -0.15) is 11.8 Å². The van der Waals surface area contributed by atoms with Crippen LogP contribution in [0.15, 0.2) is 0 Å². The lowest BCUT2D eigenvalue weighted by atomic mass is 9.98. The summed E-state index contributed by atoms with van der Waals surface area (Å²) in [4.78, 5) is 0. The first-order valence-corrected chi connectivity index (χ1v) is 7.66. The Morgan fingerprint density at radius 1 is 1.27 bits per heavy atom. The van der Waals surface area contributed by atoms with Crippen LogP contribution in [0.2, 0.25) is 0 Å². The van der Waals surface area contributed by atoms with Gasteiger partial charge in [-0.25, -0.2) is 0 Å². The Morgan fingerprint density at radius 3 is 2.33 bits per heavy atom. The summed E-state index contributed by atoms with van der Waals surface area (Å²) >= 11 is 2.05. The van der Waals surface area contributed by atoms with Crippen molar-refractivity contribution in [3.8, 4) is 0 Å². The van der Waals surface area contributed by atoms with Crippen LogP contribution in [-0.4, -0.2) is 23.6 Å². The van der Waals surface area contributed by atoms with Crippen molar-refractivity contribution in [2.45, 2.75) is 63.7 Å². The molecule has 1 fully saturated rings. The zero-order chi connectivity index (χ0) is 11.3. The van der Waals surface area contributed by atoms with E-state index in [9.17, 15) is 0 Å². The van der Waals surface area contributed by atoms with Gasteiger partial charge in [-0.15, -0.1) is 0 Å². The molecule has 1 saturated carbocycles. The summed E-state index contributed by atoms with van der Waals surface area (Å²) in [6, 6.07) is 0.740. The van der Waals surface area contributed by atoms with Crippen LogP contribution in [0.5, 0.6) is 0 Å². The van der Waals surface area contributed by atoms with Crippen LogP contribution < -0.4 is 5.32 Å². The molecule has 0 radical (unpaired) electrons. The molecular formula is C13H27NS. The fraction of sp³-hybridized carbons (Fsp3) is 1.00. The van der Waals surface area contributed by atoms with Gasteiger partial charge in [0.1, 0.15) is 0 Å². The summed E-state index contributed by atoms with van der Waals surface area (Å²) in [7, 11) is 0. The van der Waals surface area contributed by atoms with Crippen molar-refractivity contribution < 1.29 is 0 Å². The first-order chi connectivity index (χ1) is 7.15. The van der Waals surface area contributed by atoms with Gasteiger partial charge in [0.2, 0.25) is 0 Å². The molecule has 1 aliphatic rings. The normalized spacial score (nSPS) is 22.4. The second-order valence-corrected chi connectivity index (χ2v) is 6.40. The van der Waals surface area contributed by atoms with Crippen molar-refractivity contribution in [3.63, 3.8) is 0 Å². The van der Waals surface area contributed by atoms with Gasteiger partial charge in [0.15, 0.2) is 0 Å². The summed E-state index contributed by atoms with van der Waals surface area (Å²) in [6.45, 7) is 8.19. The van der Waals surface area contributed by atoms with Gasteiger partial charge >= 0.3 is 0 Å². The largest absolute Gasteiger partial charge is 0.313 e. The van der Waals surface area contributed by atoms with Crippen molar-refractivity contribution in [1.82, 2.24) is 5.32 Å².